The third-order valence-electron chi connectivity index (χ3n) is 5.57. The van der Waals surface area contributed by atoms with E-state index < -0.39 is 5.97 Å². The minimum absolute atomic E-state index is 0.157. The van der Waals surface area contributed by atoms with E-state index in [4.69, 9.17) is 18.9 Å². The Hall–Kier alpha value is -3.72. The molecular formula is C24H23NO7S. The summed E-state index contributed by atoms with van der Waals surface area (Å²) in [5.41, 5.74) is 2.44. The third kappa shape index (κ3) is 3.95. The Bertz CT molecular complexity index is 1190. The molecule has 2 heterocycles. The number of amides is 1. The zero-order valence-corrected chi connectivity index (χ0v) is 19.4. The van der Waals surface area contributed by atoms with E-state index in [-0.39, 0.29) is 23.1 Å². The summed E-state index contributed by atoms with van der Waals surface area (Å²) >= 11 is 1.16. The Morgan fingerprint density at radius 1 is 1.00 bits per heavy atom. The van der Waals surface area contributed by atoms with Crippen LogP contribution in [-0.4, -0.2) is 45.4 Å². The molecule has 9 heteroatoms. The van der Waals surface area contributed by atoms with Crippen molar-refractivity contribution in [2.45, 2.75) is 12.3 Å². The van der Waals surface area contributed by atoms with Crippen LogP contribution in [-0.2, 0) is 4.79 Å². The van der Waals surface area contributed by atoms with Crippen molar-refractivity contribution in [2.75, 3.05) is 33.8 Å². The fraction of sp³-hybridized carbons (Fsp3) is 0.250. The van der Waals surface area contributed by atoms with Crippen LogP contribution in [0, 0.1) is 0 Å². The van der Waals surface area contributed by atoms with Crippen LogP contribution >= 0.6 is 11.3 Å². The van der Waals surface area contributed by atoms with E-state index in [0.717, 1.165) is 21.8 Å². The van der Waals surface area contributed by atoms with Crippen LogP contribution in [0.2, 0.25) is 0 Å². The summed E-state index contributed by atoms with van der Waals surface area (Å²) in [7, 11) is 6.13. The second-order valence-electron chi connectivity index (χ2n) is 7.34. The Balaban J connectivity index is 1.91. The van der Waals surface area contributed by atoms with Gasteiger partial charge in [-0.25, -0.2) is 4.79 Å². The highest BCUT2D eigenvalue weighted by atomic mass is 32.1. The first kappa shape index (κ1) is 22.5. The molecule has 8 nitrogen and oxygen atoms in total. The van der Waals surface area contributed by atoms with E-state index in [1.807, 2.05) is 0 Å². The summed E-state index contributed by atoms with van der Waals surface area (Å²) in [6, 6.07) is 10.7. The van der Waals surface area contributed by atoms with Crippen molar-refractivity contribution in [1.82, 2.24) is 0 Å². The minimum atomic E-state index is -1.06. The molecule has 0 saturated heterocycles. The molecule has 1 atom stereocenters. The van der Waals surface area contributed by atoms with Gasteiger partial charge >= 0.3 is 5.97 Å². The number of anilines is 1. The molecule has 172 valence electrons. The van der Waals surface area contributed by atoms with Gasteiger partial charge in [-0.1, -0.05) is 12.1 Å². The smallest absolute Gasteiger partial charge is 0.346 e. The lowest BCUT2D eigenvalue weighted by Crippen LogP contribution is -2.22. The SMILES string of the molecule is COc1ccc(-c2c(C(=O)O)sc3c2NC(=O)C[C@@H]3c2cc(OC)c(OC)c(OC)c2)cc1. The highest BCUT2D eigenvalue weighted by molar-refractivity contribution is 7.15. The zero-order chi connectivity index (χ0) is 23.7. The van der Waals surface area contributed by atoms with Gasteiger partial charge in [0, 0.05) is 22.8 Å². The molecule has 0 aliphatic carbocycles. The van der Waals surface area contributed by atoms with E-state index in [9.17, 15) is 14.7 Å². The molecule has 1 amide bonds. The van der Waals surface area contributed by atoms with Gasteiger partial charge in [0.2, 0.25) is 11.7 Å². The summed E-state index contributed by atoms with van der Waals surface area (Å²) in [5, 5.41) is 12.8. The standard InChI is InChI=1S/C24H23NO7S/c1-29-14-7-5-12(6-8-14)19-20-22(33-23(19)24(27)28)15(11-18(26)25-20)13-9-16(30-2)21(32-4)17(10-13)31-3/h5-10,15H,11H2,1-4H3,(H,25,26)(H,27,28)/t15-/m1/s1. The van der Waals surface area contributed by atoms with Crippen molar-refractivity contribution in [3.8, 4) is 34.1 Å². The second kappa shape index (κ2) is 9.03. The molecule has 2 aromatic carbocycles. The van der Waals surface area contributed by atoms with Crippen molar-refractivity contribution in [3.05, 3.63) is 51.7 Å². The van der Waals surface area contributed by atoms with E-state index in [1.54, 1.807) is 43.5 Å². The summed E-state index contributed by atoms with van der Waals surface area (Å²) in [4.78, 5) is 25.8. The second-order valence-corrected chi connectivity index (χ2v) is 8.39. The molecule has 0 bridgehead atoms. The van der Waals surface area contributed by atoms with Crippen LogP contribution in [0.25, 0.3) is 11.1 Å². The first-order chi connectivity index (χ1) is 15.9. The van der Waals surface area contributed by atoms with Gasteiger partial charge in [0.1, 0.15) is 10.6 Å². The largest absolute Gasteiger partial charge is 0.497 e. The summed E-state index contributed by atoms with van der Waals surface area (Å²) in [6.07, 6.45) is 0.160. The number of carbonyl (C=O) groups is 2. The van der Waals surface area contributed by atoms with Crippen LogP contribution in [0.15, 0.2) is 36.4 Å². The number of ether oxygens (including phenoxy) is 4. The molecular weight excluding hydrogens is 446 g/mol. The maximum absolute atomic E-state index is 12.7. The molecule has 1 aliphatic rings. The molecule has 1 aromatic heterocycles. The molecule has 0 spiro atoms. The van der Waals surface area contributed by atoms with E-state index in [0.29, 0.717) is 39.8 Å². The number of rotatable bonds is 7. The van der Waals surface area contributed by atoms with Crippen LogP contribution in [0.5, 0.6) is 23.0 Å². The summed E-state index contributed by atoms with van der Waals surface area (Å²) in [5.74, 6) is 0.385. The Labute approximate surface area is 194 Å². The predicted molar refractivity (Wildman–Crippen MR) is 124 cm³/mol. The van der Waals surface area contributed by atoms with Gasteiger partial charge in [0.15, 0.2) is 11.5 Å². The number of carboxylic acids is 1. The number of carbonyl (C=O) groups excluding carboxylic acids is 1. The lowest BCUT2D eigenvalue weighted by Gasteiger charge is -2.25. The molecule has 0 unspecified atom stereocenters. The average molecular weight is 470 g/mol. The number of nitrogens with one attached hydrogen (secondary N) is 1. The van der Waals surface area contributed by atoms with Crippen molar-refractivity contribution >= 4 is 28.9 Å². The molecule has 2 N–H and O–H groups in total. The van der Waals surface area contributed by atoms with Crippen LogP contribution in [0.4, 0.5) is 5.69 Å². The number of hydrogen-bond acceptors (Lipinski definition) is 7. The molecule has 0 saturated carbocycles. The van der Waals surface area contributed by atoms with Gasteiger partial charge in [-0.2, -0.15) is 0 Å². The van der Waals surface area contributed by atoms with E-state index >= 15 is 0 Å². The lowest BCUT2D eigenvalue weighted by molar-refractivity contribution is -0.116. The van der Waals surface area contributed by atoms with Crippen LogP contribution in [0.1, 0.15) is 32.5 Å². The van der Waals surface area contributed by atoms with Gasteiger partial charge in [0.05, 0.1) is 34.1 Å². The molecule has 0 radical (unpaired) electrons. The Morgan fingerprint density at radius 3 is 2.15 bits per heavy atom. The first-order valence-electron chi connectivity index (χ1n) is 10.1. The number of aromatic carboxylic acids is 1. The fourth-order valence-electron chi connectivity index (χ4n) is 4.04. The van der Waals surface area contributed by atoms with Crippen molar-refractivity contribution in [1.29, 1.82) is 0 Å². The molecule has 0 fully saturated rings. The van der Waals surface area contributed by atoms with Crippen LogP contribution < -0.4 is 24.3 Å². The van der Waals surface area contributed by atoms with Gasteiger partial charge in [-0.05, 0) is 35.4 Å². The topological polar surface area (TPSA) is 103 Å². The number of thiophene rings is 1. The molecule has 1 aliphatic heterocycles. The minimum Gasteiger partial charge on any atom is -0.497 e. The number of carboxylic acid groups (broad SMARTS) is 1. The maximum Gasteiger partial charge on any atom is 0.346 e. The Morgan fingerprint density at radius 2 is 1.64 bits per heavy atom. The highest BCUT2D eigenvalue weighted by Crippen LogP contribution is 2.51. The first-order valence-corrected chi connectivity index (χ1v) is 10.9. The summed E-state index contributed by atoms with van der Waals surface area (Å²) < 4.78 is 21.6. The van der Waals surface area contributed by atoms with E-state index in [2.05, 4.69) is 5.32 Å². The predicted octanol–water partition coefficient (Wildman–Crippen LogP) is 4.62. The fourth-order valence-corrected chi connectivity index (χ4v) is 5.29. The zero-order valence-electron chi connectivity index (χ0n) is 18.6. The number of benzene rings is 2. The maximum atomic E-state index is 12.7. The summed E-state index contributed by atoms with van der Waals surface area (Å²) in [6.45, 7) is 0. The van der Waals surface area contributed by atoms with Gasteiger partial charge in [-0.15, -0.1) is 11.3 Å². The van der Waals surface area contributed by atoms with E-state index in [1.165, 1.54) is 21.3 Å². The number of methoxy groups -OCH3 is 4. The number of hydrogen-bond donors (Lipinski definition) is 2. The highest BCUT2D eigenvalue weighted by Gasteiger charge is 2.35. The number of fused-ring (bicyclic) bond motifs is 1. The van der Waals surface area contributed by atoms with Crippen molar-refractivity contribution in [2.24, 2.45) is 0 Å². The molecule has 3 aromatic rings. The lowest BCUT2D eigenvalue weighted by atomic mass is 9.88. The van der Waals surface area contributed by atoms with Crippen molar-refractivity contribution < 1.29 is 33.6 Å². The third-order valence-corrected chi connectivity index (χ3v) is 6.86. The average Bonchev–Trinajstić information content (AvgIpc) is 3.22. The molecule has 33 heavy (non-hydrogen) atoms. The van der Waals surface area contributed by atoms with Crippen molar-refractivity contribution in [3.63, 3.8) is 0 Å². The Kier molecular flexibility index (Phi) is 6.15. The van der Waals surface area contributed by atoms with Gasteiger partial charge in [-0.3, -0.25) is 4.79 Å². The quantitative estimate of drug-likeness (QED) is 0.520. The van der Waals surface area contributed by atoms with Gasteiger partial charge in [0.25, 0.3) is 0 Å². The van der Waals surface area contributed by atoms with Crippen LogP contribution in [0.3, 0.4) is 0 Å². The van der Waals surface area contributed by atoms with Gasteiger partial charge < -0.3 is 29.4 Å². The molecule has 4 rings (SSSR count). The normalized spacial score (nSPS) is 14.8. The monoisotopic (exact) mass is 469 g/mol.